The lowest BCUT2D eigenvalue weighted by Gasteiger charge is -2.39. The van der Waals surface area contributed by atoms with Crippen molar-refractivity contribution in [2.75, 3.05) is 39.3 Å². The Balaban J connectivity index is 1.34. The van der Waals surface area contributed by atoms with Crippen molar-refractivity contribution in [2.24, 2.45) is 17.8 Å². The predicted molar refractivity (Wildman–Crippen MR) is 139 cm³/mol. The van der Waals surface area contributed by atoms with Gasteiger partial charge in [0.1, 0.15) is 0 Å². The molecule has 0 bridgehead atoms. The van der Waals surface area contributed by atoms with Gasteiger partial charge in [-0.05, 0) is 50.8 Å². The van der Waals surface area contributed by atoms with E-state index in [0.29, 0.717) is 63.4 Å². The maximum atomic E-state index is 13.5. The minimum atomic E-state index is -1.07. The maximum Gasteiger partial charge on any atom is 0.404 e. The van der Waals surface area contributed by atoms with Crippen LogP contribution < -0.4 is 5.32 Å². The van der Waals surface area contributed by atoms with Gasteiger partial charge >= 0.3 is 6.09 Å². The molecule has 37 heavy (non-hydrogen) atoms. The summed E-state index contributed by atoms with van der Waals surface area (Å²) < 4.78 is 0. The Morgan fingerprint density at radius 1 is 0.973 bits per heavy atom. The molecule has 4 rings (SSSR count). The number of benzene rings is 1. The van der Waals surface area contributed by atoms with Crippen LogP contribution in [0.25, 0.3) is 0 Å². The van der Waals surface area contributed by atoms with Crippen molar-refractivity contribution < 1.29 is 24.3 Å². The van der Waals surface area contributed by atoms with Gasteiger partial charge in [0.05, 0.1) is 5.92 Å². The Morgan fingerprint density at radius 2 is 1.62 bits per heavy atom. The number of amides is 4. The number of halogens is 1. The molecule has 3 aliphatic heterocycles. The van der Waals surface area contributed by atoms with Crippen molar-refractivity contribution in [3.8, 4) is 0 Å². The lowest BCUT2D eigenvalue weighted by Crippen LogP contribution is -2.51. The molecule has 2 N–H and O–H groups in total. The largest absolute Gasteiger partial charge is 0.465 e. The summed E-state index contributed by atoms with van der Waals surface area (Å²) in [6, 6.07) is 7.60. The van der Waals surface area contributed by atoms with Crippen LogP contribution in [0.2, 0.25) is 5.02 Å². The maximum absolute atomic E-state index is 13.5. The molecule has 0 aliphatic carbocycles. The highest BCUT2D eigenvalue weighted by molar-refractivity contribution is 6.30. The summed E-state index contributed by atoms with van der Waals surface area (Å²) >= 11 is 6.05. The monoisotopic (exact) mass is 532 g/mol. The van der Waals surface area contributed by atoms with Gasteiger partial charge in [0.15, 0.2) is 0 Å². The Labute approximate surface area is 223 Å². The fourth-order valence-electron chi connectivity index (χ4n) is 6.00. The highest BCUT2D eigenvalue weighted by Gasteiger charge is 2.40. The van der Waals surface area contributed by atoms with E-state index in [-0.39, 0.29) is 54.0 Å². The lowest BCUT2D eigenvalue weighted by atomic mass is 9.89. The molecular weight excluding hydrogens is 496 g/mol. The van der Waals surface area contributed by atoms with E-state index in [2.05, 4.69) is 5.32 Å². The number of rotatable bonds is 6. The highest BCUT2D eigenvalue weighted by Crippen LogP contribution is 2.35. The zero-order valence-corrected chi connectivity index (χ0v) is 22.3. The van der Waals surface area contributed by atoms with Crippen LogP contribution in [-0.4, -0.2) is 88.9 Å². The first-order chi connectivity index (χ1) is 17.6. The van der Waals surface area contributed by atoms with Crippen LogP contribution in [0, 0.1) is 17.8 Å². The summed E-state index contributed by atoms with van der Waals surface area (Å²) in [5.41, 5.74) is 1.04. The quantitative estimate of drug-likeness (QED) is 0.585. The molecule has 9 nitrogen and oxygen atoms in total. The van der Waals surface area contributed by atoms with Crippen molar-refractivity contribution in [1.29, 1.82) is 0 Å². The molecule has 0 radical (unpaired) electrons. The fourth-order valence-corrected chi connectivity index (χ4v) is 6.13. The summed E-state index contributed by atoms with van der Waals surface area (Å²) in [5.74, 6) is -0.0445. The summed E-state index contributed by atoms with van der Waals surface area (Å²) in [6.07, 6.45) is 1.15. The Hall–Kier alpha value is -2.81. The van der Waals surface area contributed by atoms with Crippen LogP contribution >= 0.6 is 11.6 Å². The average Bonchev–Trinajstić information content (AvgIpc) is 3.31. The van der Waals surface area contributed by atoms with Crippen LogP contribution in [0.15, 0.2) is 24.3 Å². The number of nitrogens with zero attached hydrogens (tertiary/aromatic N) is 3. The number of hydrogen-bond donors (Lipinski definition) is 2. The standard InChI is InChI=1S/C27H37ClN4O5/c1-17(2)32-15-20(5-8-24(32)33)26(35)30-11-9-19(10-12-30)25(34)31-14-21(13-29-27(36)37)23(16-31)18-3-6-22(28)7-4-18/h3-4,6-7,17,19-21,23,29H,5,8-16H2,1-2H3,(H,36,37)/t20?,21-,23-/m0/s1. The molecule has 0 aromatic heterocycles. The first-order valence-corrected chi connectivity index (χ1v) is 13.6. The smallest absolute Gasteiger partial charge is 0.404 e. The summed E-state index contributed by atoms with van der Waals surface area (Å²) in [6.45, 7) is 6.80. The van der Waals surface area contributed by atoms with E-state index in [1.165, 1.54) is 0 Å². The van der Waals surface area contributed by atoms with E-state index in [0.717, 1.165) is 5.56 Å². The third-order valence-corrected chi connectivity index (χ3v) is 8.39. The Bertz CT molecular complexity index is 1010. The van der Waals surface area contributed by atoms with Crippen molar-refractivity contribution in [1.82, 2.24) is 20.0 Å². The number of nitrogens with one attached hydrogen (secondary N) is 1. The molecule has 1 unspecified atom stereocenters. The normalized spacial score (nSPS) is 25.0. The van der Waals surface area contributed by atoms with E-state index in [9.17, 15) is 19.2 Å². The first-order valence-electron chi connectivity index (χ1n) is 13.2. The molecule has 3 fully saturated rings. The first kappa shape index (κ1) is 27.2. The molecule has 4 amide bonds. The third kappa shape index (κ3) is 6.37. The van der Waals surface area contributed by atoms with Crippen LogP contribution in [0.5, 0.6) is 0 Å². The highest BCUT2D eigenvalue weighted by atomic mass is 35.5. The zero-order chi connectivity index (χ0) is 26.7. The van der Waals surface area contributed by atoms with Gasteiger partial charge in [0.25, 0.3) is 0 Å². The van der Waals surface area contributed by atoms with Crippen LogP contribution in [0.1, 0.15) is 51.0 Å². The Kier molecular flexibility index (Phi) is 8.62. The molecule has 3 saturated heterocycles. The van der Waals surface area contributed by atoms with Crippen LogP contribution in [-0.2, 0) is 14.4 Å². The van der Waals surface area contributed by atoms with Gasteiger partial charge in [0.2, 0.25) is 17.7 Å². The van der Waals surface area contributed by atoms with Gasteiger partial charge in [-0.2, -0.15) is 0 Å². The van der Waals surface area contributed by atoms with E-state index >= 15 is 0 Å². The fraction of sp³-hybridized carbons (Fsp3) is 0.630. The van der Waals surface area contributed by atoms with Gasteiger partial charge in [0, 0.05) is 74.5 Å². The summed E-state index contributed by atoms with van der Waals surface area (Å²) in [4.78, 5) is 55.5. The van der Waals surface area contributed by atoms with Gasteiger partial charge in [-0.1, -0.05) is 23.7 Å². The molecular formula is C27H37ClN4O5. The summed E-state index contributed by atoms with van der Waals surface area (Å²) in [7, 11) is 0. The van der Waals surface area contributed by atoms with E-state index in [1.807, 2.05) is 47.9 Å². The van der Waals surface area contributed by atoms with Crippen LogP contribution in [0.4, 0.5) is 4.79 Å². The molecule has 1 aromatic carbocycles. The van der Waals surface area contributed by atoms with Crippen molar-refractivity contribution in [2.45, 2.75) is 51.5 Å². The van der Waals surface area contributed by atoms with E-state index in [4.69, 9.17) is 16.7 Å². The second kappa shape index (κ2) is 11.7. The molecule has 3 atom stereocenters. The number of hydrogen-bond acceptors (Lipinski definition) is 4. The molecule has 10 heteroatoms. The van der Waals surface area contributed by atoms with Crippen molar-refractivity contribution >= 4 is 35.4 Å². The molecule has 202 valence electrons. The van der Waals surface area contributed by atoms with Gasteiger partial charge in [-0.15, -0.1) is 0 Å². The second-order valence-electron chi connectivity index (χ2n) is 10.8. The number of carbonyl (C=O) groups excluding carboxylic acids is 3. The van der Waals surface area contributed by atoms with Crippen molar-refractivity contribution in [3.05, 3.63) is 34.9 Å². The predicted octanol–water partition coefficient (Wildman–Crippen LogP) is 3.04. The second-order valence-corrected chi connectivity index (χ2v) is 11.3. The minimum absolute atomic E-state index is 0.0210. The van der Waals surface area contributed by atoms with Gasteiger partial charge < -0.3 is 25.1 Å². The van der Waals surface area contributed by atoms with Crippen molar-refractivity contribution in [3.63, 3.8) is 0 Å². The van der Waals surface area contributed by atoms with E-state index in [1.54, 1.807) is 4.90 Å². The zero-order valence-electron chi connectivity index (χ0n) is 21.6. The molecule has 0 saturated carbocycles. The molecule has 3 aliphatic rings. The number of carboxylic acid groups (broad SMARTS) is 1. The SMILES string of the molecule is CC(C)N1CC(C(=O)N2CCC(C(=O)N3C[C@H](CNC(=O)O)[C@H](c4ccc(Cl)cc4)C3)CC2)CCC1=O. The Morgan fingerprint density at radius 3 is 2.24 bits per heavy atom. The molecule has 3 heterocycles. The van der Waals surface area contributed by atoms with Gasteiger partial charge in [-0.25, -0.2) is 4.79 Å². The number of likely N-dealkylation sites (tertiary alicyclic amines) is 3. The lowest BCUT2D eigenvalue weighted by molar-refractivity contribution is -0.147. The average molecular weight is 533 g/mol. The molecule has 0 spiro atoms. The number of carbonyl (C=O) groups is 4. The third-order valence-electron chi connectivity index (χ3n) is 8.14. The van der Waals surface area contributed by atoms with E-state index < -0.39 is 6.09 Å². The number of piperidine rings is 2. The van der Waals surface area contributed by atoms with Gasteiger partial charge in [-0.3, -0.25) is 14.4 Å². The minimum Gasteiger partial charge on any atom is -0.465 e. The topological polar surface area (TPSA) is 110 Å². The molecule has 1 aromatic rings. The van der Waals surface area contributed by atoms with Crippen LogP contribution in [0.3, 0.4) is 0 Å². The summed E-state index contributed by atoms with van der Waals surface area (Å²) in [5, 5.41) is 12.2.